The van der Waals surface area contributed by atoms with Gasteiger partial charge in [-0.25, -0.2) is 0 Å². The van der Waals surface area contributed by atoms with Gasteiger partial charge in [-0.3, -0.25) is 4.79 Å². The van der Waals surface area contributed by atoms with Crippen molar-refractivity contribution in [1.82, 2.24) is 0 Å². The molecule has 0 amide bonds. The van der Waals surface area contributed by atoms with E-state index in [2.05, 4.69) is 0 Å². The molecule has 5 heteroatoms. The molecule has 0 saturated heterocycles. The molecule has 22 heavy (non-hydrogen) atoms. The molecule has 2 heterocycles. The molecule has 0 saturated carbocycles. The van der Waals surface area contributed by atoms with Gasteiger partial charge in [-0.05, 0) is 32.4 Å². The van der Waals surface area contributed by atoms with E-state index >= 15 is 0 Å². The van der Waals surface area contributed by atoms with Crippen LogP contribution in [0.4, 0.5) is 0 Å². The lowest BCUT2D eigenvalue weighted by atomic mass is 9.87. The van der Waals surface area contributed by atoms with Crippen molar-refractivity contribution in [3.05, 3.63) is 39.7 Å². The normalized spacial score (nSPS) is 23.1. The molecule has 1 aromatic heterocycles. The first-order chi connectivity index (χ1) is 10.3. The van der Waals surface area contributed by atoms with Crippen molar-refractivity contribution in [2.45, 2.75) is 51.4 Å². The van der Waals surface area contributed by atoms with Crippen LogP contribution >= 0.6 is 0 Å². The zero-order chi connectivity index (χ0) is 16.1. The molecule has 0 radical (unpaired) electrons. The van der Waals surface area contributed by atoms with Crippen molar-refractivity contribution < 1.29 is 19.4 Å². The minimum absolute atomic E-state index is 0.154. The Morgan fingerprint density at radius 1 is 1.27 bits per heavy atom. The van der Waals surface area contributed by atoms with Crippen molar-refractivity contribution in [2.24, 2.45) is 0 Å². The van der Waals surface area contributed by atoms with E-state index in [0.717, 1.165) is 6.42 Å². The molecule has 5 nitrogen and oxygen atoms in total. The van der Waals surface area contributed by atoms with E-state index < -0.39 is 17.8 Å². The average Bonchev–Trinajstić information content (AvgIpc) is 2.44. The third kappa shape index (κ3) is 2.21. The number of fused-ring (bicyclic) bond motifs is 3. The molecule has 0 aliphatic carbocycles. The summed E-state index contributed by atoms with van der Waals surface area (Å²) in [6.45, 7) is 5.41. The summed E-state index contributed by atoms with van der Waals surface area (Å²) in [5, 5.41) is 21.1. The smallest absolute Gasteiger partial charge is 0.192 e. The summed E-state index contributed by atoms with van der Waals surface area (Å²) in [6, 6.07) is 4.76. The van der Waals surface area contributed by atoms with E-state index in [-0.39, 0.29) is 5.43 Å². The summed E-state index contributed by atoms with van der Waals surface area (Å²) in [7, 11) is 0. The minimum Gasteiger partial charge on any atom is -0.485 e. The van der Waals surface area contributed by atoms with Crippen LogP contribution in [-0.4, -0.2) is 21.9 Å². The quantitative estimate of drug-likeness (QED) is 0.890. The molecule has 0 unspecified atom stereocenters. The monoisotopic (exact) mass is 304 g/mol. The van der Waals surface area contributed by atoms with E-state index in [1.807, 2.05) is 6.92 Å². The lowest BCUT2D eigenvalue weighted by Crippen LogP contribution is -2.48. The number of ether oxygens (including phenoxy) is 1. The molecule has 0 fully saturated rings. The van der Waals surface area contributed by atoms with Crippen LogP contribution in [0.2, 0.25) is 0 Å². The summed E-state index contributed by atoms with van der Waals surface area (Å²) >= 11 is 0. The largest absolute Gasteiger partial charge is 0.485 e. The number of benzene rings is 1. The average molecular weight is 304 g/mol. The molecule has 1 aliphatic heterocycles. The first-order valence-corrected chi connectivity index (χ1v) is 7.50. The maximum atomic E-state index is 12.2. The number of aryl methyl sites for hydroxylation is 1. The van der Waals surface area contributed by atoms with Gasteiger partial charge in [0.25, 0.3) is 0 Å². The fraction of sp³-hybridized carbons (Fsp3) is 0.471. The second-order valence-corrected chi connectivity index (χ2v) is 6.28. The standard InChI is InChI=1S/C17H20O5/c1-4-5-9-8-11(18)10-6-7-12-13(15(10)21-9)14(19)16(20)17(2,3)22-12/h6-8,14,16,19-20H,4-5H2,1-3H3/t14-,16-/m1/s1. The Morgan fingerprint density at radius 2 is 2.00 bits per heavy atom. The Balaban J connectivity index is 2.30. The van der Waals surface area contributed by atoms with E-state index in [4.69, 9.17) is 9.15 Å². The zero-order valence-electron chi connectivity index (χ0n) is 12.9. The van der Waals surface area contributed by atoms with Gasteiger partial charge in [-0.1, -0.05) is 6.92 Å². The second-order valence-electron chi connectivity index (χ2n) is 6.28. The van der Waals surface area contributed by atoms with E-state index in [1.165, 1.54) is 6.07 Å². The predicted molar refractivity (Wildman–Crippen MR) is 82.2 cm³/mol. The van der Waals surface area contributed by atoms with E-state index in [1.54, 1.807) is 26.0 Å². The molecular formula is C17H20O5. The van der Waals surface area contributed by atoms with Gasteiger partial charge in [-0.15, -0.1) is 0 Å². The van der Waals surface area contributed by atoms with E-state index in [9.17, 15) is 15.0 Å². The third-order valence-electron chi connectivity index (χ3n) is 4.12. The molecule has 2 aromatic rings. The molecule has 118 valence electrons. The lowest BCUT2D eigenvalue weighted by Gasteiger charge is -2.40. The van der Waals surface area contributed by atoms with Gasteiger partial charge >= 0.3 is 0 Å². The Hall–Kier alpha value is -1.85. The highest BCUT2D eigenvalue weighted by Gasteiger charge is 2.43. The Bertz CT molecular complexity index is 774. The van der Waals surface area contributed by atoms with Crippen LogP contribution < -0.4 is 10.2 Å². The number of rotatable bonds is 2. The summed E-state index contributed by atoms with van der Waals surface area (Å²) < 4.78 is 11.6. The minimum atomic E-state index is -1.16. The third-order valence-corrected chi connectivity index (χ3v) is 4.12. The summed E-state index contributed by atoms with van der Waals surface area (Å²) in [6.07, 6.45) is -0.786. The van der Waals surface area contributed by atoms with Crippen molar-refractivity contribution >= 4 is 11.0 Å². The fourth-order valence-corrected chi connectivity index (χ4v) is 2.89. The van der Waals surface area contributed by atoms with Gasteiger partial charge in [0.2, 0.25) is 0 Å². The van der Waals surface area contributed by atoms with Crippen LogP contribution in [0.3, 0.4) is 0 Å². The van der Waals surface area contributed by atoms with Crippen molar-refractivity contribution in [3.8, 4) is 5.75 Å². The van der Waals surface area contributed by atoms with Crippen LogP contribution in [-0.2, 0) is 6.42 Å². The zero-order valence-corrected chi connectivity index (χ0v) is 12.9. The van der Waals surface area contributed by atoms with Gasteiger partial charge < -0.3 is 19.4 Å². The van der Waals surface area contributed by atoms with Crippen molar-refractivity contribution in [1.29, 1.82) is 0 Å². The maximum Gasteiger partial charge on any atom is 0.192 e. The Kier molecular flexibility index (Phi) is 3.50. The molecular weight excluding hydrogens is 284 g/mol. The molecule has 0 spiro atoms. The van der Waals surface area contributed by atoms with Gasteiger partial charge in [-0.2, -0.15) is 0 Å². The molecule has 1 aliphatic rings. The van der Waals surface area contributed by atoms with Crippen LogP contribution in [0.5, 0.6) is 5.75 Å². The van der Waals surface area contributed by atoms with Gasteiger partial charge in [0.1, 0.15) is 34.9 Å². The molecule has 1 aromatic carbocycles. The van der Waals surface area contributed by atoms with Gasteiger partial charge in [0, 0.05) is 12.5 Å². The number of hydrogen-bond acceptors (Lipinski definition) is 5. The summed E-state index contributed by atoms with van der Waals surface area (Å²) in [5.41, 5.74) is -0.421. The summed E-state index contributed by atoms with van der Waals surface area (Å²) in [4.78, 5) is 12.2. The van der Waals surface area contributed by atoms with Gasteiger partial charge in [0.05, 0.1) is 10.9 Å². The Labute approximate surface area is 128 Å². The van der Waals surface area contributed by atoms with Crippen LogP contribution in [0, 0.1) is 0 Å². The van der Waals surface area contributed by atoms with Crippen LogP contribution in [0.1, 0.15) is 44.6 Å². The predicted octanol–water partition coefficient (Wildman–Crippen LogP) is 2.31. The van der Waals surface area contributed by atoms with E-state index in [0.29, 0.717) is 34.5 Å². The lowest BCUT2D eigenvalue weighted by molar-refractivity contribution is -0.111. The highest BCUT2D eigenvalue weighted by Crippen LogP contribution is 2.43. The fourth-order valence-electron chi connectivity index (χ4n) is 2.89. The first-order valence-electron chi connectivity index (χ1n) is 7.50. The first kappa shape index (κ1) is 15.1. The van der Waals surface area contributed by atoms with Gasteiger partial charge in [0.15, 0.2) is 5.43 Å². The van der Waals surface area contributed by atoms with Crippen LogP contribution in [0.25, 0.3) is 11.0 Å². The molecule has 2 atom stereocenters. The topological polar surface area (TPSA) is 79.9 Å². The van der Waals surface area contributed by atoms with Crippen LogP contribution in [0.15, 0.2) is 27.4 Å². The SMILES string of the molecule is CCCc1cc(=O)c2ccc3c(c2o1)[C@@H](O)[C@@H](O)C(C)(C)O3. The number of hydrogen-bond donors (Lipinski definition) is 2. The highest BCUT2D eigenvalue weighted by molar-refractivity contribution is 5.83. The number of aliphatic hydroxyl groups excluding tert-OH is 2. The van der Waals surface area contributed by atoms with Crippen molar-refractivity contribution in [3.63, 3.8) is 0 Å². The molecule has 2 N–H and O–H groups in total. The molecule has 3 rings (SSSR count). The summed E-state index contributed by atoms with van der Waals surface area (Å²) in [5.74, 6) is 1.01. The highest BCUT2D eigenvalue weighted by atomic mass is 16.5. The molecule has 0 bridgehead atoms. The Morgan fingerprint density at radius 3 is 2.68 bits per heavy atom. The second kappa shape index (κ2) is 5.11. The number of aliphatic hydroxyl groups is 2. The van der Waals surface area contributed by atoms with Crippen molar-refractivity contribution in [2.75, 3.05) is 0 Å². The maximum absolute atomic E-state index is 12.2.